The van der Waals surface area contributed by atoms with Crippen molar-refractivity contribution in [2.45, 2.75) is 25.4 Å². The fraction of sp³-hybridized carbons (Fsp3) is 0.500. The molecule has 1 aliphatic rings. The van der Waals surface area contributed by atoms with E-state index in [0.717, 1.165) is 30.8 Å². The molecule has 1 heterocycles. The van der Waals surface area contributed by atoms with Crippen molar-refractivity contribution in [3.05, 3.63) is 23.8 Å². The van der Waals surface area contributed by atoms with E-state index in [2.05, 4.69) is 4.90 Å². The Balaban J connectivity index is 2.38. The molecule has 1 fully saturated rings. The fourth-order valence-electron chi connectivity index (χ4n) is 2.55. The highest BCUT2D eigenvalue weighted by Crippen LogP contribution is 2.31. The minimum Gasteiger partial charge on any atom is -0.497 e. The second-order valence-corrected chi connectivity index (χ2v) is 5.32. The minimum atomic E-state index is -0.699. The van der Waals surface area contributed by atoms with Crippen LogP contribution < -0.4 is 15.4 Å². The van der Waals surface area contributed by atoms with Crippen LogP contribution in [0.5, 0.6) is 5.75 Å². The second-order valence-electron chi connectivity index (χ2n) is 5.32. The number of nitrogens with two attached hydrogens (primary N) is 1. The maximum Gasteiger partial charge on any atom is 0.124 e. The molecule has 0 amide bonds. The molecule has 0 spiro atoms. The lowest BCUT2D eigenvalue weighted by Crippen LogP contribution is -2.46. The normalized spacial score (nSPS) is 23.2. The van der Waals surface area contributed by atoms with Crippen LogP contribution >= 0.6 is 0 Å². The number of nitrogens with one attached hydrogen (secondary N) is 1. The number of methoxy groups -OCH3 is 1. The first-order valence-corrected chi connectivity index (χ1v) is 6.43. The standard InChI is InChI=1S/C14H21N3O2/c1-14(18)6-3-7-17(9-14)12-8-10(19-2)4-5-11(12)13(15)16/h4-5,8,18H,3,6-7,9H2,1-2H3,(H3,15,16). The topological polar surface area (TPSA) is 82.6 Å². The number of aliphatic hydroxyl groups is 1. The summed E-state index contributed by atoms with van der Waals surface area (Å²) in [6.45, 7) is 3.23. The summed E-state index contributed by atoms with van der Waals surface area (Å²) in [7, 11) is 1.61. The minimum absolute atomic E-state index is 0.0304. The van der Waals surface area contributed by atoms with Crippen LogP contribution in [0.2, 0.25) is 0 Å². The molecule has 1 aromatic carbocycles. The first-order chi connectivity index (χ1) is 8.93. The van der Waals surface area contributed by atoms with Gasteiger partial charge >= 0.3 is 0 Å². The van der Waals surface area contributed by atoms with Crippen molar-refractivity contribution in [2.75, 3.05) is 25.1 Å². The second kappa shape index (κ2) is 5.09. The molecule has 4 N–H and O–H groups in total. The number of nitrogen functional groups attached to an aromatic ring is 1. The first kappa shape index (κ1) is 13.7. The van der Waals surface area contributed by atoms with Gasteiger partial charge < -0.3 is 20.5 Å². The molecule has 0 saturated carbocycles. The molecule has 19 heavy (non-hydrogen) atoms. The molecule has 0 radical (unpaired) electrons. The van der Waals surface area contributed by atoms with Crippen molar-refractivity contribution in [1.82, 2.24) is 0 Å². The van der Waals surface area contributed by atoms with E-state index in [0.29, 0.717) is 12.1 Å². The van der Waals surface area contributed by atoms with Crippen LogP contribution in [-0.2, 0) is 0 Å². The summed E-state index contributed by atoms with van der Waals surface area (Å²) in [5.74, 6) is 0.757. The zero-order valence-electron chi connectivity index (χ0n) is 11.4. The van der Waals surface area contributed by atoms with E-state index in [-0.39, 0.29) is 5.84 Å². The number of piperidine rings is 1. The number of ether oxygens (including phenoxy) is 1. The van der Waals surface area contributed by atoms with Crippen LogP contribution in [0.15, 0.2) is 18.2 Å². The molecule has 1 atom stereocenters. The zero-order chi connectivity index (χ0) is 14.0. The van der Waals surface area contributed by atoms with Crippen molar-refractivity contribution < 1.29 is 9.84 Å². The molecule has 1 saturated heterocycles. The molecular formula is C14H21N3O2. The van der Waals surface area contributed by atoms with Gasteiger partial charge in [0.15, 0.2) is 0 Å². The Morgan fingerprint density at radius 1 is 1.53 bits per heavy atom. The fourth-order valence-corrected chi connectivity index (χ4v) is 2.55. The van der Waals surface area contributed by atoms with Crippen LogP contribution in [0, 0.1) is 5.41 Å². The average Bonchev–Trinajstić information content (AvgIpc) is 2.36. The van der Waals surface area contributed by atoms with Gasteiger partial charge in [0.05, 0.1) is 18.4 Å². The summed E-state index contributed by atoms with van der Waals surface area (Å²) in [5, 5.41) is 17.9. The van der Waals surface area contributed by atoms with Gasteiger partial charge in [-0.2, -0.15) is 0 Å². The lowest BCUT2D eigenvalue weighted by atomic mass is 9.94. The summed E-state index contributed by atoms with van der Waals surface area (Å²) >= 11 is 0. The molecular weight excluding hydrogens is 242 g/mol. The third-order valence-electron chi connectivity index (χ3n) is 3.51. The highest BCUT2D eigenvalue weighted by molar-refractivity contribution is 6.00. The van der Waals surface area contributed by atoms with E-state index in [1.54, 1.807) is 19.2 Å². The van der Waals surface area contributed by atoms with Crippen LogP contribution in [-0.4, -0.2) is 36.7 Å². The van der Waals surface area contributed by atoms with Gasteiger partial charge in [-0.25, -0.2) is 0 Å². The highest BCUT2D eigenvalue weighted by atomic mass is 16.5. The maximum absolute atomic E-state index is 10.2. The quantitative estimate of drug-likeness (QED) is 0.567. The van der Waals surface area contributed by atoms with Crippen molar-refractivity contribution in [3.8, 4) is 5.75 Å². The molecule has 2 rings (SSSR count). The van der Waals surface area contributed by atoms with Crippen LogP contribution in [0.4, 0.5) is 5.69 Å². The number of rotatable bonds is 3. The Hall–Kier alpha value is -1.75. The van der Waals surface area contributed by atoms with Gasteiger partial charge in [0.25, 0.3) is 0 Å². The van der Waals surface area contributed by atoms with E-state index < -0.39 is 5.60 Å². The van der Waals surface area contributed by atoms with E-state index in [1.165, 1.54) is 0 Å². The van der Waals surface area contributed by atoms with E-state index in [1.807, 2.05) is 13.0 Å². The molecule has 104 valence electrons. The molecule has 5 heteroatoms. The third kappa shape index (κ3) is 2.98. The number of benzene rings is 1. The summed E-state index contributed by atoms with van der Waals surface area (Å²) in [4.78, 5) is 2.07. The molecule has 0 bridgehead atoms. The molecule has 0 aromatic heterocycles. The zero-order valence-corrected chi connectivity index (χ0v) is 11.4. The Morgan fingerprint density at radius 2 is 2.26 bits per heavy atom. The first-order valence-electron chi connectivity index (χ1n) is 6.43. The predicted octanol–water partition coefficient (Wildman–Crippen LogP) is 1.33. The smallest absolute Gasteiger partial charge is 0.124 e. The molecule has 1 aliphatic heterocycles. The Bertz CT molecular complexity index is 486. The monoisotopic (exact) mass is 263 g/mol. The SMILES string of the molecule is COc1ccc(C(=N)N)c(N2CCCC(C)(O)C2)c1. The number of anilines is 1. The average molecular weight is 263 g/mol. The lowest BCUT2D eigenvalue weighted by Gasteiger charge is -2.39. The van der Waals surface area contributed by atoms with Crippen molar-refractivity contribution in [3.63, 3.8) is 0 Å². The van der Waals surface area contributed by atoms with Crippen molar-refractivity contribution in [2.24, 2.45) is 5.73 Å². The summed E-state index contributed by atoms with van der Waals surface area (Å²) in [6, 6.07) is 5.46. The summed E-state index contributed by atoms with van der Waals surface area (Å²) in [6.07, 6.45) is 1.71. The third-order valence-corrected chi connectivity index (χ3v) is 3.51. The number of β-amino-alcohol motifs (C(OH)–C–C–N with tert-alkyl or cyclic N) is 1. The maximum atomic E-state index is 10.2. The van der Waals surface area contributed by atoms with Gasteiger partial charge in [0, 0.05) is 24.7 Å². The number of nitrogens with zero attached hydrogens (tertiary/aromatic N) is 1. The lowest BCUT2D eigenvalue weighted by molar-refractivity contribution is 0.0449. The van der Waals surface area contributed by atoms with Crippen LogP contribution in [0.3, 0.4) is 0 Å². The molecule has 1 aromatic rings. The number of hydrogen-bond donors (Lipinski definition) is 3. The Morgan fingerprint density at radius 3 is 2.84 bits per heavy atom. The largest absolute Gasteiger partial charge is 0.497 e. The van der Waals surface area contributed by atoms with Gasteiger partial charge in [-0.3, -0.25) is 5.41 Å². The van der Waals surface area contributed by atoms with Gasteiger partial charge in [0.1, 0.15) is 11.6 Å². The van der Waals surface area contributed by atoms with Gasteiger partial charge in [-0.15, -0.1) is 0 Å². The van der Waals surface area contributed by atoms with E-state index >= 15 is 0 Å². The Kier molecular flexibility index (Phi) is 3.66. The number of hydrogen-bond acceptors (Lipinski definition) is 4. The van der Waals surface area contributed by atoms with E-state index in [4.69, 9.17) is 15.9 Å². The van der Waals surface area contributed by atoms with E-state index in [9.17, 15) is 5.11 Å². The molecule has 1 unspecified atom stereocenters. The predicted molar refractivity (Wildman–Crippen MR) is 76.1 cm³/mol. The molecule has 5 nitrogen and oxygen atoms in total. The number of amidine groups is 1. The van der Waals surface area contributed by atoms with Crippen LogP contribution in [0.1, 0.15) is 25.3 Å². The summed E-state index contributed by atoms with van der Waals surface area (Å²) < 4.78 is 5.23. The summed E-state index contributed by atoms with van der Waals surface area (Å²) in [5.41, 5.74) is 6.47. The Labute approximate surface area is 113 Å². The van der Waals surface area contributed by atoms with Crippen molar-refractivity contribution >= 4 is 11.5 Å². The van der Waals surface area contributed by atoms with Crippen LogP contribution in [0.25, 0.3) is 0 Å². The van der Waals surface area contributed by atoms with Gasteiger partial charge in [-0.1, -0.05) is 0 Å². The van der Waals surface area contributed by atoms with Gasteiger partial charge in [0.2, 0.25) is 0 Å². The van der Waals surface area contributed by atoms with Gasteiger partial charge in [-0.05, 0) is 31.9 Å². The highest BCUT2D eigenvalue weighted by Gasteiger charge is 2.29. The van der Waals surface area contributed by atoms with Crippen molar-refractivity contribution in [1.29, 1.82) is 5.41 Å². The molecule has 0 aliphatic carbocycles.